The molecule has 0 amide bonds. The molecule has 0 aliphatic carbocycles. The molecule has 4 nitrogen and oxygen atoms in total. The van der Waals surface area contributed by atoms with E-state index in [1.165, 1.54) is 0 Å². The Hall–Kier alpha value is -0.910. The zero-order chi connectivity index (χ0) is 13.5. The van der Waals surface area contributed by atoms with Gasteiger partial charge in [0.2, 0.25) is 0 Å². The number of halogens is 1. The van der Waals surface area contributed by atoms with Gasteiger partial charge in [-0.15, -0.1) is 0 Å². The number of aliphatic hydroxyl groups is 1. The van der Waals surface area contributed by atoms with E-state index < -0.39 is 6.10 Å². The van der Waals surface area contributed by atoms with E-state index >= 15 is 0 Å². The van der Waals surface area contributed by atoms with Crippen molar-refractivity contribution in [2.75, 3.05) is 13.2 Å². The molecule has 1 N–H and O–H groups in total. The lowest BCUT2D eigenvalue weighted by Crippen LogP contribution is -2.25. The van der Waals surface area contributed by atoms with E-state index in [0.29, 0.717) is 11.3 Å². The van der Waals surface area contributed by atoms with Crippen molar-refractivity contribution in [2.24, 2.45) is 0 Å². The van der Waals surface area contributed by atoms with Crippen LogP contribution in [0.4, 0.5) is 0 Å². The van der Waals surface area contributed by atoms with Crippen LogP contribution in [0.3, 0.4) is 0 Å². The van der Waals surface area contributed by atoms with Crippen molar-refractivity contribution >= 4 is 22.2 Å². The zero-order valence-corrected chi connectivity index (χ0v) is 12.0. The second kappa shape index (κ2) is 7.51. The summed E-state index contributed by atoms with van der Waals surface area (Å²) < 4.78 is 11.5. The number of aliphatic hydroxyl groups excluding tert-OH is 1. The Morgan fingerprint density at radius 3 is 2.72 bits per heavy atom. The number of hydrogen-bond donors (Lipinski definition) is 1. The summed E-state index contributed by atoms with van der Waals surface area (Å²) in [6.07, 6.45) is 0.0744. The van der Waals surface area contributed by atoms with Crippen LogP contribution in [-0.2, 0) is 4.74 Å². The van der Waals surface area contributed by atoms with Gasteiger partial charge in [-0.05, 0) is 32.0 Å². The fourth-order valence-electron chi connectivity index (χ4n) is 1.28. The minimum Gasteiger partial charge on any atom is -0.490 e. The lowest BCUT2D eigenvalue weighted by Gasteiger charge is -2.15. The summed E-state index contributed by atoms with van der Waals surface area (Å²) in [6.45, 7) is 4.10. The molecule has 0 heterocycles. The van der Waals surface area contributed by atoms with Gasteiger partial charge in [-0.1, -0.05) is 15.9 Å². The monoisotopic (exact) mass is 316 g/mol. The summed E-state index contributed by atoms with van der Waals surface area (Å²) in [4.78, 5) is 10.9. The van der Waals surface area contributed by atoms with Gasteiger partial charge in [0.25, 0.3) is 0 Å². The van der Waals surface area contributed by atoms with Gasteiger partial charge < -0.3 is 14.6 Å². The number of aldehydes is 1. The average Bonchev–Trinajstić information content (AvgIpc) is 2.34. The van der Waals surface area contributed by atoms with Gasteiger partial charge in [0.05, 0.1) is 18.3 Å². The lowest BCUT2D eigenvalue weighted by atomic mass is 10.2. The molecule has 1 atom stereocenters. The Labute approximate surface area is 115 Å². The quantitative estimate of drug-likeness (QED) is 0.785. The van der Waals surface area contributed by atoms with E-state index in [4.69, 9.17) is 9.47 Å². The maximum atomic E-state index is 10.9. The molecule has 0 radical (unpaired) electrons. The van der Waals surface area contributed by atoms with Crippen molar-refractivity contribution < 1.29 is 19.4 Å². The third-order valence-corrected chi connectivity index (χ3v) is 2.65. The topological polar surface area (TPSA) is 55.8 Å². The average molecular weight is 317 g/mol. The Morgan fingerprint density at radius 1 is 1.39 bits per heavy atom. The number of carbonyl (C=O) groups excluding carboxylic acids is 1. The van der Waals surface area contributed by atoms with Crippen LogP contribution in [0.2, 0.25) is 0 Å². The van der Waals surface area contributed by atoms with Crippen LogP contribution in [-0.4, -0.2) is 36.8 Å². The molecular formula is C13H17BrO4. The molecule has 1 aromatic rings. The predicted molar refractivity (Wildman–Crippen MR) is 72.1 cm³/mol. The molecule has 5 heteroatoms. The number of rotatable bonds is 7. The Balaban J connectivity index is 2.50. The molecule has 0 bridgehead atoms. The van der Waals surface area contributed by atoms with E-state index in [1.807, 2.05) is 13.8 Å². The fourth-order valence-corrected chi connectivity index (χ4v) is 1.66. The molecule has 0 spiro atoms. The largest absolute Gasteiger partial charge is 0.490 e. The molecule has 0 aliphatic rings. The van der Waals surface area contributed by atoms with E-state index in [1.54, 1.807) is 18.2 Å². The van der Waals surface area contributed by atoms with Crippen molar-refractivity contribution in [3.05, 3.63) is 28.2 Å². The summed E-state index contributed by atoms with van der Waals surface area (Å²) in [7, 11) is 0. The molecule has 1 rings (SSSR count). The van der Waals surface area contributed by atoms with E-state index in [-0.39, 0.29) is 19.3 Å². The minimum atomic E-state index is -0.712. The summed E-state index contributed by atoms with van der Waals surface area (Å²) >= 11 is 3.27. The minimum absolute atomic E-state index is 0.0675. The highest BCUT2D eigenvalue weighted by Gasteiger charge is 2.09. The third-order valence-electron chi connectivity index (χ3n) is 2.15. The maximum Gasteiger partial charge on any atom is 0.153 e. The molecule has 0 aromatic heterocycles. The van der Waals surface area contributed by atoms with Gasteiger partial charge in [-0.3, -0.25) is 4.79 Å². The van der Waals surface area contributed by atoms with Crippen molar-refractivity contribution in [3.63, 3.8) is 0 Å². The molecule has 0 saturated heterocycles. The third kappa shape index (κ3) is 5.16. The Bertz CT molecular complexity index is 393. The smallest absolute Gasteiger partial charge is 0.153 e. The number of benzene rings is 1. The lowest BCUT2D eigenvalue weighted by molar-refractivity contribution is -0.0123. The number of ether oxygens (including phenoxy) is 2. The molecule has 18 heavy (non-hydrogen) atoms. The molecule has 0 aliphatic heterocycles. The highest BCUT2D eigenvalue weighted by molar-refractivity contribution is 9.10. The zero-order valence-electron chi connectivity index (χ0n) is 10.4. The summed E-state index contributed by atoms with van der Waals surface area (Å²) in [5.41, 5.74) is 0.446. The highest BCUT2D eigenvalue weighted by atomic mass is 79.9. The second-order valence-corrected chi connectivity index (χ2v) is 5.06. The standard InChI is InChI=1S/C13H17BrO4/c1-9(2)17-7-12(16)8-18-13-4-3-11(14)5-10(13)6-15/h3-6,9,12,16H,7-8H2,1-2H3. The summed E-state index contributed by atoms with van der Waals surface area (Å²) in [5, 5.41) is 9.63. The van der Waals surface area contributed by atoms with Crippen LogP contribution in [0.25, 0.3) is 0 Å². The van der Waals surface area contributed by atoms with Crippen molar-refractivity contribution in [2.45, 2.75) is 26.1 Å². The normalized spacial score (nSPS) is 12.5. The maximum absolute atomic E-state index is 10.9. The van der Waals surface area contributed by atoms with Crippen LogP contribution in [0.5, 0.6) is 5.75 Å². The second-order valence-electron chi connectivity index (χ2n) is 4.15. The van der Waals surface area contributed by atoms with Crippen LogP contribution in [0, 0.1) is 0 Å². The van der Waals surface area contributed by atoms with Crippen molar-refractivity contribution in [3.8, 4) is 5.75 Å². The first kappa shape index (κ1) is 15.1. The van der Waals surface area contributed by atoms with Crippen LogP contribution in [0.15, 0.2) is 22.7 Å². The first-order valence-electron chi connectivity index (χ1n) is 5.70. The first-order chi connectivity index (χ1) is 8.52. The highest BCUT2D eigenvalue weighted by Crippen LogP contribution is 2.21. The summed E-state index contributed by atoms with van der Waals surface area (Å²) in [6, 6.07) is 5.13. The van der Waals surface area contributed by atoms with Crippen molar-refractivity contribution in [1.29, 1.82) is 0 Å². The fraction of sp³-hybridized carbons (Fsp3) is 0.462. The van der Waals surface area contributed by atoms with E-state index in [0.717, 1.165) is 10.8 Å². The van der Waals surface area contributed by atoms with Gasteiger partial charge in [0.1, 0.15) is 18.5 Å². The molecule has 0 fully saturated rings. The van der Waals surface area contributed by atoms with Gasteiger partial charge in [0, 0.05) is 4.47 Å². The van der Waals surface area contributed by atoms with Gasteiger partial charge in [-0.2, -0.15) is 0 Å². The Morgan fingerprint density at radius 2 is 2.11 bits per heavy atom. The van der Waals surface area contributed by atoms with Gasteiger partial charge >= 0.3 is 0 Å². The van der Waals surface area contributed by atoms with Gasteiger partial charge in [0.15, 0.2) is 6.29 Å². The molecule has 100 valence electrons. The first-order valence-corrected chi connectivity index (χ1v) is 6.49. The van der Waals surface area contributed by atoms with Crippen LogP contribution < -0.4 is 4.74 Å². The molecule has 0 saturated carbocycles. The Kier molecular flexibility index (Phi) is 6.32. The molecule has 1 unspecified atom stereocenters. The SMILES string of the molecule is CC(C)OCC(O)COc1ccc(Br)cc1C=O. The molecular weight excluding hydrogens is 300 g/mol. The predicted octanol–water partition coefficient (Wildman–Crippen LogP) is 2.43. The number of hydrogen-bond acceptors (Lipinski definition) is 4. The van der Waals surface area contributed by atoms with Crippen LogP contribution >= 0.6 is 15.9 Å². The van der Waals surface area contributed by atoms with E-state index in [2.05, 4.69) is 15.9 Å². The van der Waals surface area contributed by atoms with Crippen molar-refractivity contribution in [1.82, 2.24) is 0 Å². The molecule has 1 aromatic carbocycles. The van der Waals surface area contributed by atoms with E-state index in [9.17, 15) is 9.90 Å². The number of carbonyl (C=O) groups is 1. The summed E-state index contributed by atoms with van der Waals surface area (Å²) in [5.74, 6) is 0.455. The van der Waals surface area contributed by atoms with Gasteiger partial charge in [-0.25, -0.2) is 0 Å². The van der Waals surface area contributed by atoms with Crippen LogP contribution in [0.1, 0.15) is 24.2 Å².